The lowest BCUT2D eigenvalue weighted by molar-refractivity contribution is -0.117. The minimum atomic E-state index is -0.248. The topological polar surface area (TPSA) is 85.5 Å². The number of rotatable bonds is 8. The third-order valence-corrected chi connectivity index (χ3v) is 6.26. The van der Waals surface area contributed by atoms with E-state index in [0.717, 1.165) is 35.3 Å². The van der Waals surface area contributed by atoms with Crippen molar-refractivity contribution in [1.29, 1.82) is 0 Å². The predicted molar refractivity (Wildman–Crippen MR) is 128 cm³/mol. The Balaban J connectivity index is 1.73. The van der Waals surface area contributed by atoms with Crippen molar-refractivity contribution in [3.05, 3.63) is 59.8 Å². The van der Waals surface area contributed by atoms with Gasteiger partial charge in [-0.25, -0.2) is 0 Å². The molecule has 1 aliphatic heterocycles. The zero-order valence-corrected chi connectivity index (χ0v) is 19.4. The summed E-state index contributed by atoms with van der Waals surface area (Å²) in [4.78, 5) is 13.5. The van der Waals surface area contributed by atoms with Gasteiger partial charge in [-0.1, -0.05) is 37.3 Å². The molecular weight excluding hydrogens is 418 g/mol. The molecule has 0 aliphatic carbocycles. The maximum atomic E-state index is 13.5. The van der Waals surface area contributed by atoms with E-state index in [1.54, 1.807) is 14.2 Å². The highest BCUT2D eigenvalue weighted by atomic mass is 16.5. The Bertz CT molecular complexity index is 1070. The second-order valence-corrected chi connectivity index (χ2v) is 8.18. The van der Waals surface area contributed by atoms with Crippen molar-refractivity contribution >= 4 is 11.6 Å². The Hall–Kier alpha value is -3.32. The molecule has 1 aliphatic rings. The second kappa shape index (κ2) is 10.5. The average molecular weight is 450 g/mol. The summed E-state index contributed by atoms with van der Waals surface area (Å²) in [6, 6.07) is 15.5. The van der Waals surface area contributed by atoms with Gasteiger partial charge >= 0.3 is 0 Å². The number of ether oxygens (including phenoxy) is 3. The predicted octanol–water partition coefficient (Wildman–Crippen LogP) is 5.12. The molecule has 0 spiro atoms. The molecule has 7 heteroatoms. The largest absolute Gasteiger partial charge is 0.493 e. The fourth-order valence-electron chi connectivity index (χ4n) is 4.42. The molecule has 7 nitrogen and oxygen atoms in total. The van der Waals surface area contributed by atoms with Gasteiger partial charge < -0.3 is 19.5 Å². The number of aromatic amines is 1. The van der Waals surface area contributed by atoms with E-state index in [1.807, 2.05) is 55.5 Å². The summed E-state index contributed by atoms with van der Waals surface area (Å²) in [5.74, 6) is 1.20. The van der Waals surface area contributed by atoms with Crippen molar-refractivity contribution in [2.75, 3.05) is 32.8 Å². The normalized spacial score (nSPS) is 15.1. The molecule has 1 aromatic heterocycles. The molecule has 1 saturated heterocycles. The van der Waals surface area contributed by atoms with Crippen LogP contribution in [0.3, 0.4) is 0 Å². The van der Waals surface area contributed by atoms with E-state index in [0.29, 0.717) is 36.8 Å². The first kappa shape index (κ1) is 22.9. The number of hydrogen-bond acceptors (Lipinski definition) is 5. The molecule has 2 N–H and O–H groups in total. The Morgan fingerprint density at radius 3 is 2.52 bits per heavy atom. The summed E-state index contributed by atoms with van der Waals surface area (Å²) >= 11 is 0. The highest BCUT2D eigenvalue weighted by Crippen LogP contribution is 2.40. The maximum absolute atomic E-state index is 13.5. The van der Waals surface area contributed by atoms with Gasteiger partial charge in [0.2, 0.25) is 5.91 Å². The monoisotopic (exact) mass is 449 g/mol. The smallest absolute Gasteiger partial charge is 0.232 e. The van der Waals surface area contributed by atoms with E-state index in [9.17, 15) is 4.79 Å². The maximum Gasteiger partial charge on any atom is 0.232 e. The second-order valence-electron chi connectivity index (χ2n) is 8.18. The van der Waals surface area contributed by atoms with Crippen LogP contribution in [0, 0.1) is 0 Å². The summed E-state index contributed by atoms with van der Waals surface area (Å²) in [5.41, 5.74) is 4.20. The molecule has 0 saturated carbocycles. The van der Waals surface area contributed by atoms with E-state index >= 15 is 0 Å². The number of methoxy groups -OCH3 is 2. The summed E-state index contributed by atoms with van der Waals surface area (Å²) in [5, 5.41) is 11.1. The lowest BCUT2D eigenvalue weighted by Crippen LogP contribution is -2.22. The quantitative estimate of drug-likeness (QED) is 0.499. The molecule has 2 aromatic carbocycles. The Morgan fingerprint density at radius 1 is 1.12 bits per heavy atom. The highest BCUT2D eigenvalue weighted by molar-refractivity contribution is 5.99. The number of carbonyl (C=O) groups is 1. The Labute approximate surface area is 194 Å². The lowest BCUT2D eigenvalue weighted by Gasteiger charge is -2.23. The van der Waals surface area contributed by atoms with Crippen LogP contribution in [0.5, 0.6) is 11.5 Å². The Kier molecular flexibility index (Phi) is 7.29. The first-order chi connectivity index (χ1) is 16.2. The summed E-state index contributed by atoms with van der Waals surface area (Å²) in [6.45, 7) is 3.43. The van der Waals surface area contributed by atoms with Crippen molar-refractivity contribution < 1.29 is 19.0 Å². The van der Waals surface area contributed by atoms with Gasteiger partial charge in [-0.15, -0.1) is 0 Å². The van der Waals surface area contributed by atoms with E-state index in [4.69, 9.17) is 14.2 Å². The van der Waals surface area contributed by atoms with Gasteiger partial charge in [-0.3, -0.25) is 9.89 Å². The number of H-pyrrole nitrogens is 1. The van der Waals surface area contributed by atoms with Crippen LogP contribution >= 0.6 is 0 Å². The van der Waals surface area contributed by atoms with Gasteiger partial charge in [-0.2, -0.15) is 5.10 Å². The molecular formula is C26H31N3O4. The van der Waals surface area contributed by atoms with Crippen LogP contribution in [-0.2, 0) is 9.53 Å². The van der Waals surface area contributed by atoms with Gasteiger partial charge in [0.1, 0.15) is 5.69 Å². The first-order valence-corrected chi connectivity index (χ1v) is 11.4. The van der Waals surface area contributed by atoms with Crippen molar-refractivity contribution in [3.8, 4) is 22.8 Å². The van der Waals surface area contributed by atoms with E-state index in [-0.39, 0.29) is 17.7 Å². The third kappa shape index (κ3) is 4.88. The van der Waals surface area contributed by atoms with Gasteiger partial charge in [0.25, 0.3) is 0 Å². The van der Waals surface area contributed by atoms with Crippen LogP contribution in [0.2, 0.25) is 0 Å². The zero-order valence-electron chi connectivity index (χ0n) is 19.4. The molecule has 3 aromatic rings. The molecule has 0 bridgehead atoms. The van der Waals surface area contributed by atoms with Crippen molar-refractivity contribution in [1.82, 2.24) is 10.2 Å². The van der Waals surface area contributed by atoms with E-state index in [2.05, 4.69) is 15.5 Å². The fraction of sp³-hybridized carbons (Fsp3) is 0.385. The summed E-state index contributed by atoms with van der Waals surface area (Å²) in [7, 11) is 3.21. The number of carbonyl (C=O) groups excluding carboxylic acids is 1. The highest BCUT2D eigenvalue weighted by Gasteiger charge is 2.28. The molecule has 1 atom stereocenters. The van der Waals surface area contributed by atoms with E-state index < -0.39 is 0 Å². The molecule has 174 valence electrons. The van der Waals surface area contributed by atoms with Gasteiger partial charge in [0.05, 0.1) is 31.5 Å². The zero-order chi connectivity index (χ0) is 23.2. The van der Waals surface area contributed by atoms with Crippen molar-refractivity contribution in [2.45, 2.75) is 38.0 Å². The van der Waals surface area contributed by atoms with Gasteiger partial charge in [0.15, 0.2) is 11.5 Å². The molecule has 33 heavy (non-hydrogen) atoms. The molecule has 4 rings (SSSR count). The van der Waals surface area contributed by atoms with Crippen molar-refractivity contribution in [2.24, 2.45) is 0 Å². The fourth-order valence-corrected chi connectivity index (χ4v) is 4.42. The van der Waals surface area contributed by atoms with Gasteiger partial charge in [0, 0.05) is 24.7 Å². The minimum absolute atomic E-state index is 0.0415. The number of benzene rings is 2. The number of nitrogens with zero attached hydrogens (tertiary/aromatic N) is 1. The number of hydrogen-bond donors (Lipinski definition) is 2. The standard InChI is InChI=1S/C26H31N3O4/c1-4-20(17-8-6-5-7-9-17)26(30)27-25-23(18-12-14-33-15-13-18)28-29-24(25)19-10-11-21(31-2)22(16-19)32-3/h5-11,16,18,20H,4,12-15H2,1-3H3,(H,27,30)(H,28,29)/t20-/m0/s1. The van der Waals surface area contributed by atoms with Crippen LogP contribution in [0.25, 0.3) is 11.3 Å². The average Bonchev–Trinajstić information content (AvgIpc) is 3.28. The van der Waals surface area contributed by atoms with Crippen LogP contribution in [0.1, 0.15) is 49.3 Å². The van der Waals surface area contributed by atoms with Crippen LogP contribution in [0.4, 0.5) is 5.69 Å². The summed E-state index contributed by atoms with van der Waals surface area (Å²) < 4.78 is 16.4. The molecule has 0 radical (unpaired) electrons. The van der Waals surface area contributed by atoms with Crippen molar-refractivity contribution in [3.63, 3.8) is 0 Å². The van der Waals surface area contributed by atoms with Gasteiger partial charge in [-0.05, 0) is 43.0 Å². The van der Waals surface area contributed by atoms with E-state index in [1.165, 1.54) is 0 Å². The minimum Gasteiger partial charge on any atom is -0.493 e. The van der Waals surface area contributed by atoms with Crippen LogP contribution in [-0.4, -0.2) is 43.5 Å². The number of aromatic nitrogens is 2. The molecule has 1 amide bonds. The third-order valence-electron chi connectivity index (χ3n) is 6.26. The molecule has 1 fully saturated rings. The molecule has 2 heterocycles. The molecule has 0 unspecified atom stereocenters. The SMILES string of the molecule is CC[C@H](C(=O)Nc1c(-c2ccc(OC)c(OC)c2)n[nH]c1C1CCOCC1)c1ccccc1. The van der Waals surface area contributed by atoms with Crippen LogP contribution in [0.15, 0.2) is 48.5 Å². The summed E-state index contributed by atoms with van der Waals surface area (Å²) in [6.07, 6.45) is 2.46. The number of anilines is 1. The number of amides is 1. The lowest BCUT2D eigenvalue weighted by atomic mass is 9.93. The number of nitrogens with one attached hydrogen (secondary N) is 2. The van der Waals surface area contributed by atoms with Crippen LogP contribution < -0.4 is 14.8 Å². The Morgan fingerprint density at radius 2 is 1.85 bits per heavy atom. The first-order valence-electron chi connectivity index (χ1n) is 11.4.